The summed E-state index contributed by atoms with van der Waals surface area (Å²) in [5.74, 6) is 0.658. The Bertz CT molecular complexity index is 754. The number of nitrogens with one attached hydrogen (secondary N) is 1. The highest BCUT2D eigenvalue weighted by atomic mass is 16.2. The molecule has 132 valence electrons. The van der Waals surface area contributed by atoms with Gasteiger partial charge in [0.2, 0.25) is 5.91 Å². The van der Waals surface area contributed by atoms with Gasteiger partial charge in [0.15, 0.2) is 0 Å². The van der Waals surface area contributed by atoms with Crippen molar-refractivity contribution in [3.8, 4) is 0 Å². The van der Waals surface area contributed by atoms with E-state index in [9.17, 15) is 4.79 Å². The number of aromatic nitrogens is 2. The van der Waals surface area contributed by atoms with Crippen LogP contribution in [0.15, 0.2) is 30.3 Å². The van der Waals surface area contributed by atoms with Crippen molar-refractivity contribution in [3.05, 3.63) is 47.3 Å². The highest BCUT2D eigenvalue weighted by Crippen LogP contribution is 2.28. The fraction of sp³-hybridized carbons (Fsp3) is 0.500. The number of fused-ring (bicyclic) bond motifs is 1. The van der Waals surface area contributed by atoms with Crippen molar-refractivity contribution in [1.82, 2.24) is 15.1 Å². The highest BCUT2D eigenvalue weighted by Gasteiger charge is 2.28. The van der Waals surface area contributed by atoms with Crippen LogP contribution in [0.5, 0.6) is 0 Å². The van der Waals surface area contributed by atoms with E-state index >= 15 is 0 Å². The minimum atomic E-state index is 0.228. The van der Waals surface area contributed by atoms with Crippen molar-refractivity contribution in [1.29, 1.82) is 0 Å². The lowest BCUT2D eigenvalue weighted by Gasteiger charge is -2.35. The van der Waals surface area contributed by atoms with Crippen LogP contribution in [-0.2, 0) is 11.2 Å². The van der Waals surface area contributed by atoms with Gasteiger partial charge in [0.25, 0.3) is 0 Å². The highest BCUT2D eigenvalue weighted by molar-refractivity contribution is 5.95. The average molecular weight is 338 g/mol. The topological polar surface area (TPSA) is 52.2 Å². The van der Waals surface area contributed by atoms with Crippen LogP contribution in [0.4, 0.5) is 5.69 Å². The van der Waals surface area contributed by atoms with E-state index in [1.54, 1.807) is 0 Å². The molecule has 2 aromatic rings. The van der Waals surface area contributed by atoms with Gasteiger partial charge >= 0.3 is 0 Å². The largest absolute Gasteiger partial charge is 0.311 e. The Hall–Kier alpha value is -2.14. The van der Waals surface area contributed by atoms with Crippen molar-refractivity contribution in [2.75, 3.05) is 31.1 Å². The quantitative estimate of drug-likeness (QED) is 0.936. The standard InChI is InChI=1S/C20H26N4O/c1-15-12-18(22-21-15)17-8-4-10-23(13-17)14-20(25)24-11-5-7-16-6-2-3-9-19(16)24/h2-3,6,9,12,17H,4-5,7-8,10-11,13-14H2,1H3,(H,21,22). The zero-order chi connectivity index (χ0) is 17.2. The maximum atomic E-state index is 12.9. The number of anilines is 1. The number of aryl methyl sites for hydroxylation is 2. The lowest BCUT2D eigenvalue weighted by Crippen LogP contribution is -2.45. The minimum absolute atomic E-state index is 0.228. The summed E-state index contributed by atoms with van der Waals surface area (Å²) in [6, 6.07) is 10.5. The Morgan fingerprint density at radius 2 is 2.16 bits per heavy atom. The lowest BCUT2D eigenvalue weighted by molar-refractivity contribution is -0.120. The van der Waals surface area contributed by atoms with Gasteiger partial charge in [-0.15, -0.1) is 0 Å². The van der Waals surface area contributed by atoms with Crippen molar-refractivity contribution in [2.24, 2.45) is 0 Å². The van der Waals surface area contributed by atoms with E-state index in [1.165, 1.54) is 5.56 Å². The Kier molecular flexibility index (Phi) is 4.57. The Morgan fingerprint density at radius 3 is 3.00 bits per heavy atom. The SMILES string of the molecule is Cc1cc(C2CCCN(CC(=O)N3CCCc4ccccc43)C2)n[nH]1. The zero-order valence-electron chi connectivity index (χ0n) is 14.9. The van der Waals surface area contributed by atoms with Crippen LogP contribution >= 0.6 is 0 Å². The zero-order valence-corrected chi connectivity index (χ0v) is 14.9. The third-order valence-electron chi connectivity index (χ3n) is 5.42. The predicted octanol–water partition coefficient (Wildman–Crippen LogP) is 2.88. The normalized spacial score (nSPS) is 21.2. The van der Waals surface area contributed by atoms with E-state index in [4.69, 9.17) is 0 Å². The van der Waals surface area contributed by atoms with Crippen molar-refractivity contribution in [3.63, 3.8) is 0 Å². The number of hydrogen-bond donors (Lipinski definition) is 1. The van der Waals surface area contributed by atoms with Gasteiger partial charge in [0.1, 0.15) is 0 Å². The van der Waals surface area contributed by atoms with E-state index in [1.807, 2.05) is 17.9 Å². The van der Waals surface area contributed by atoms with E-state index in [0.717, 1.165) is 62.4 Å². The van der Waals surface area contributed by atoms with E-state index in [-0.39, 0.29) is 5.91 Å². The molecule has 5 heteroatoms. The fourth-order valence-electron chi connectivity index (χ4n) is 4.16. The number of carbonyl (C=O) groups excluding carboxylic acids is 1. The number of carbonyl (C=O) groups is 1. The van der Waals surface area contributed by atoms with Crippen LogP contribution in [0.1, 0.15) is 42.1 Å². The second-order valence-electron chi connectivity index (χ2n) is 7.33. The Balaban J connectivity index is 1.43. The van der Waals surface area contributed by atoms with Crippen LogP contribution < -0.4 is 4.90 Å². The first kappa shape index (κ1) is 16.3. The maximum absolute atomic E-state index is 12.9. The number of para-hydroxylation sites is 1. The number of piperidine rings is 1. The van der Waals surface area contributed by atoms with Crippen molar-refractivity contribution in [2.45, 2.75) is 38.5 Å². The van der Waals surface area contributed by atoms with Gasteiger partial charge in [-0.1, -0.05) is 18.2 Å². The summed E-state index contributed by atoms with van der Waals surface area (Å²) in [5.41, 5.74) is 4.65. The molecular formula is C20H26N4O. The number of nitrogens with zero attached hydrogens (tertiary/aromatic N) is 3. The summed E-state index contributed by atoms with van der Waals surface area (Å²) in [7, 11) is 0. The molecule has 1 aromatic heterocycles. The number of aromatic amines is 1. The van der Waals surface area contributed by atoms with Crippen LogP contribution in [0, 0.1) is 6.92 Å². The molecule has 1 N–H and O–H groups in total. The van der Waals surface area contributed by atoms with E-state index < -0.39 is 0 Å². The summed E-state index contributed by atoms with van der Waals surface area (Å²) in [6.07, 6.45) is 4.41. The number of benzene rings is 1. The molecule has 1 atom stereocenters. The smallest absolute Gasteiger partial charge is 0.241 e. The molecule has 0 spiro atoms. The molecule has 0 bridgehead atoms. The Morgan fingerprint density at radius 1 is 1.28 bits per heavy atom. The van der Waals surface area contributed by atoms with Crippen LogP contribution in [-0.4, -0.2) is 47.2 Å². The maximum Gasteiger partial charge on any atom is 0.241 e. The number of rotatable bonds is 3. The molecule has 2 aliphatic rings. The number of likely N-dealkylation sites (tertiary alicyclic amines) is 1. The minimum Gasteiger partial charge on any atom is -0.311 e. The molecule has 25 heavy (non-hydrogen) atoms. The molecule has 4 rings (SSSR count). The summed E-state index contributed by atoms with van der Waals surface area (Å²) >= 11 is 0. The first-order valence-corrected chi connectivity index (χ1v) is 9.33. The second-order valence-corrected chi connectivity index (χ2v) is 7.33. The molecule has 0 saturated carbocycles. The molecule has 1 saturated heterocycles. The van der Waals surface area contributed by atoms with E-state index in [2.05, 4.69) is 39.4 Å². The van der Waals surface area contributed by atoms with E-state index in [0.29, 0.717) is 12.5 Å². The summed E-state index contributed by atoms with van der Waals surface area (Å²) in [4.78, 5) is 17.2. The van der Waals surface area contributed by atoms with Gasteiger partial charge in [-0.05, 0) is 56.8 Å². The third kappa shape index (κ3) is 3.47. The van der Waals surface area contributed by atoms with Gasteiger partial charge in [-0.2, -0.15) is 5.10 Å². The van der Waals surface area contributed by atoms with Crippen molar-refractivity contribution < 1.29 is 4.79 Å². The van der Waals surface area contributed by atoms with Crippen molar-refractivity contribution >= 4 is 11.6 Å². The number of hydrogen-bond acceptors (Lipinski definition) is 3. The summed E-state index contributed by atoms with van der Waals surface area (Å²) in [5, 5.41) is 7.47. The number of H-pyrrole nitrogens is 1. The van der Waals surface area contributed by atoms with Crippen LogP contribution in [0.2, 0.25) is 0 Å². The van der Waals surface area contributed by atoms with Gasteiger partial charge in [0, 0.05) is 30.4 Å². The fourth-order valence-corrected chi connectivity index (χ4v) is 4.16. The molecule has 0 aliphatic carbocycles. The summed E-state index contributed by atoms with van der Waals surface area (Å²) < 4.78 is 0. The molecule has 1 unspecified atom stereocenters. The third-order valence-corrected chi connectivity index (χ3v) is 5.42. The molecule has 2 aliphatic heterocycles. The molecule has 5 nitrogen and oxygen atoms in total. The van der Waals surface area contributed by atoms with Gasteiger partial charge in [0.05, 0.1) is 12.2 Å². The van der Waals surface area contributed by atoms with Crippen LogP contribution in [0.25, 0.3) is 0 Å². The molecule has 1 aromatic carbocycles. The molecule has 1 amide bonds. The number of amides is 1. The predicted molar refractivity (Wildman–Crippen MR) is 98.9 cm³/mol. The van der Waals surface area contributed by atoms with Gasteiger partial charge < -0.3 is 4.90 Å². The second kappa shape index (κ2) is 7.00. The molecule has 1 fully saturated rings. The van der Waals surface area contributed by atoms with Gasteiger partial charge in [-0.3, -0.25) is 14.8 Å². The molecule has 3 heterocycles. The average Bonchev–Trinajstić information content (AvgIpc) is 3.08. The van der Waals surface area contributed by atoms with Crippen LogP contribution in [0.3, 0.4) is 0 Å². The molecular weight excluding hydrogens is 312 g/mol. The lowest BCUT2D eigenvalue weighted by atomic mass is 9.94. The first-order chi connectivity index (χ1) is 12.2. The monoisotopic (exact) mass is 338 g/mol. The Labute approximate surface area is 149 Å². The molecule has 0 radical (unpaired) electrons. The van der Waals surface area contributed by atoms with Gasteiger partial charge in [-0.25, -0.2) is 0 Å². The summed E-state index contributed by atoms with van der Waals surface area (Å²) in [6.45, 7) is 5.31. The first-order valence-electron chi connectivity index (χ1n) is 9.33.